The van der Waals surface area contributed by atoms with Crippen molar-refractivity contribution in [1.29, 1.82) is 0 Å². The van der Waals surface area contributed by atoms with Gasteiger partial charge in [-0.1, -0.05) is 12.1 Å². The lowest BCUT2D eigenvalue weighted by atomic mass is 10.2. The minimum absolute atomic E-state index is 0.0584. The number of rotatable bonds is 9. The number of phenols is 1. The molecule has 0 heterocycles. The topological polar surface area (TPSA) is 166 Å². The molecule has 0 aliphatic carbocycles. The number of nitrogens with one attached hydrogen (secondary N) is 1. The van der Waals surface area contributed by atoms with Gasteiger partial charge in [0.2, 0.25) is 5.75 Å². The molecule has 0 unspecified atom stereocenters. The van der Waals surface area contributed by atoms with Crippen molar-refractivity contribution in [1.82, 2.24) is 5.43 Å². The van der Waals surface area contributed by atoms with E-state index in [1.54, 1.807) is 25.1 Å². The van der Waals surface area contributed by atoms with E-state index in [-0.39, 0.29) is 35.2 Å². The van der Waals surface area contributed by atoms with Crippen molar-refractivity contribution in [2.24, 2.45) is 5.10 Å². The number of carbonyl (C=O) groups excluding carboxylic acids is 1. The molecule has 0 atom stereocenters. The number of nitrogens with zero attached hydrogens (tertiary/aromatic N) is 3. The van der Waals surface area contributed by atoms with E-state index in [0.717, 1.165) is 18.2 Å². The summed E-state index contributed by atoms with van der Waals surface area (Å²) < 4.78 is 11.2. The SMILES string of the molecule is CCOc1cc(/C=N\NC(=O)c2ccccc2O)ccc1Oc1ccc([N+](=O)[O-])cc1[N+](=O)[O-]. The summed E-state index contributed by atoms with van der Waals surface area (Å²) in [5.74, 6) is -0.631. The van der Waals surface area contributed by atoms with E-state index in [1.165, 1.54) is 30.5 Å². The first-order valence-corrected chi connectivity index (χ1v) is 9.79. The highest BCUT2D eigenvalue weighted by atomic mass is 16.6. The van der Waals surface area contributed by atoms with Crippen LogP contribution in [0.4, 0.5) is 11.4 Å². The Labute approximate surface area is 192 Å². The monoisotopic (exact) mass is 466 g/mol. The number of hydrogen-bond acceptors (Lipinski definition) is 9. The highest BCUT2D eigenvalue weighted by Gasteiger charge is 2.22. The van der Waals surface area contributed by atoms with Crippen LogP contribution in [-0.4, -0.2) is 33.7 Å². The van der Waals surface area contributed by atoms with Gasteiger partial charge in [0, 0.05) is 6.07 Å². The summed E-state index contributed by atoms with van der Waals surface area (Å²) in [7, 11) is 0. The fourth-order valence-corrected chi connectivity index (χ4v) is 2.82. The van der Waals surface area contributed by atoms with E-state index in [9.17, 15) is 30.1 Å². The van der Waals surface area contributed by atoms with Crippen molar-refractivity contribution < 1.29 is 29.2 Å². The van der Waals surface area contributed by atoms with Gasteiger partial charge in [-0.25, -0.2) is 5.43 Å². The summed E-state index contributed by atoms with van der Waals surface area (Å²) in [5, 5.41) is 35.8. The fourth-order valence-electron chi connectivity index (χ4n) is 2.82. The van der Waals surface area contributed by atoms with Crippen LogP contribution < -0.4 is 14.9 Å². The Morgan fingerprint density at radius 2 is 1.76 bits per heavy atom. The normalized spacial score (nSPS) is 10.6. The second-order valence-corrected chi connectivity index (χ2v) is 6.62. The Balaban J connectivity index is 1.81. The van der Waals surface area contributed by atoms with Crippen LogP contribution >= 0.6 is 0 Å². The molecule has 1 amide bonds. The molecule has 3 aromatic carbocycles. The van der Waals surface area contributed by atoms with E-state index in [2.05, 4.69) is 10.5 Å². The number of non-ortho nitro benzene ring substituents is 1. The minimum Gasteiger partial charge on any atom is -0.507 e. The zero-order chi connectivity index (χ0) is 24.7. The first-order chi connectivity index (χ1) is 16.3. The third kappa shape index (κ3) is 5.62. The van der Waals surface area contributed by atoms with Crippen molar-refractivity contribution in [3.8, 4) is 23.0 Å². The van der Waals surface area contributed by atoms with Gasteiger partial charge in [0.1, 0.15) is 5.75 Å². The number of para-hydroxylation sites is 1. The summed E-state index contributed by atoms with van der Waals surface area (Å²) in [6.07, 6.45) is 1.33. The number of ether oxygens (including phenoxy) is 2. The number of nitro groups is 2. The Kier molecular flexibility index (Phi) is 7.34. The lowest BCUT2D eigenvalue weighted by Crippen LogP contribution is -2.17. The summed E-state index contributed by atoms with van der Waals surface area (Å²) in [4.78, 5) is 32.9. The van der Waals surface area contributed by atoms with Gasteiger partial charge in [-0.2, -0.15) is 5.10 Å². The van der Waals surface area contributed by atoms with Crippen molar-refractivity contribution in [3.63, 3.8) is 0 Å². The molecule has 0 spiro atoms. The van der Waals surface area contributed by atoms with Gasteiger partial charge >= 0.3 is 5.69 Å². The highest BCUT2D eigenvalue weighted by molar-refractivity contribution is 5.97. The summed E-state index contributed by atoms with van der Waals surface area (Å²) in [6.45, 7) is 1.98. The maximum absolute atomic E-state index is 12.1. The predicted molar refractivity (Wildman–Crippen MR) is 121 cm³/mol. The number of hydrazone groups is 1. The van der Waals surface area contributed by atoms with Crippen molar-refractivity contribution in [3.05, 3.63) is 92.0 Å². The van der Waals surface area contributed by atoms with Gasteiger partial charge in [0.25, 0.3) is 11.6 Å². The van der Waals surface area contributed by atoms with Crippen LogP contribution in [0.25, 0.3) is 0 Å². The number of carbonyl (C=O) groups is 1. The van der Waals surface area contributed by atoms with Gasteiger partial charge in [-0.05, 0) is 48.9 Å². The zero-order valence-corrected chi connectivity index (χ0v) is 17.7. The number of aromatic hydroxyl groups is 1. The summed E-state index contributed by atoms with van der Waals surface area (Å²) in [5.41, 5.74) is 1.84. The lowest BCUT2D eigenvalue weighted by Gasteiger charge is -2.12. The Morgan fingerprint density at radius 3 is 2.44 bits per heavy atom. The number of benzene rings is 3. The average molecular weight is 466 g/mol. The number of amides is 1. The van der Waals surface area contributed by atoms with Crippen LogP contribution in [0.3, 0.4) is 0 Å². The first-order valence-electron chi connectivity index (χ1n) is 9.79. The van der Waals surface area contributed by atoms with Crippen LogP contribution in [-0.2, 0) is 0 Å². The number of nitro benzene ring substituents is 2. The quantitative estimate of drug-likeness (QED) is 0.269. The molecular formula is C22H18N4O8. The van der Waals surface area contributed by atoms with Gasteiger partial charge in [-0.3, -0.25) is 25.0 Å². The third-order valence-electron chi connectivity index (χ3n) is 4.37. The summed E-state index contributed by atoms with van der Waals surface area (Å²) in [6, 6.07) is 13.6. The van der Waals surface area contributed by atoms with E-state index in [1.807, 2.05) is 0 Å². The molecule has 174 valence electrons. The molecule has 0 fully saturated rings. The largest absolute Gasteiger partial charge is 0.507 e. The third-order valence-corrected chi connectivity index (χ3v) is 4.37. The van der Waals surface area contributed by atoms with Crippen molar-refractivity contribution in [2.45, 2.75) is 6.92 Å². The number of phenolic OH excluding ortho intramolecular Hbond substituents is 1. The van der Waals surface area contributed by atoms with Crippen molar-refractivity contribution >= 4 is 23.5 Å². The smallest absolute Gasteiger partial charge is 0.318 e. The highest BCUT2D eigenvalue weighted by Crippen LogP contribution is 2.38. The lowest BCUT2D eigenvalue weighted by molar-refractivity contribution is -0.394. The van der Waals surface area contributed by atoms with E-state index >= 15 is 0 Å². The zero-order valence-electron chi connectivity index (χ0n) is 17.7. The van der Waals surface area contributed by atoms with Crippen LogP contribution in [0.1, 0.15) is 22.8 Å². The molecule has 3 rings (SSSR count). The van der Waals surface area contributed by atoms with Crippen LogP contribution in [0, 0.1) is 20.2 Å². The second kappa shape index (κ2) is 10.5. The molecule has 34 heavy (non-hydrogen) atoms. The van der Waals surface area contributed by atoms with Crippen LogP contribution in [0.15, 0.2) is 65.8 Å². The van der Waals surface area contributed by atoms with E-state index < -0.39 is 27.1 Å². The molecular weight excluding hydrogens is 448 g/mol. The van der Waals surface area contributed by atoms with Gasteiger partial charge in [-0.15, -0.1) is 0 Å². The van der Waals surface area contributed by atoms with Crippen LogP contribution in [0.5, 0.6) is 23.0 Å². The maximum Gasteiger partial charge on any atom is 0.318 e. The molecule has 2 N–H and O–H groups in total. The Bertz CT molecular complexity index is 1280. The Morgan fingerprint density at radius 1 is 1.03 bits per heavy atom. The van der Waals surface area contributed by atoms with E-state index in [4.69, 9.17) is 9.47 Å². The molecule has 0 radical (unpaired) electrons. The minimum atomic E-state index is -0.781. The molecule has 12 nitrogen and oxygen atoms in total. The first kappa shape index (κ1) is 23.7. The molecule has 0 saturated carbocycles. The average Bonchev–Trinajstić information content (AvgIpc) is 2.81. The van der Waals surface area contributed by atoms with E-state index in [0.29, 0.717) is 5.56 Å². The molecule has 12 heteroatoms. The second-order valence-electron chi connectivity index (χ2n) is 6.62. The summed E-state index contributed by atoms with van der Waals surface area (Å²) >= 11 is 0. The molecule has 0 saturated heterocycles. The van der Waals surface area contributed by atoms with Crippen LogP contribution in [0.2, 0.25) is 0 Å². The maximum atomic E-state index is 12.1. The molecule has 0 bridgehead atoms. The molecule has 3 aromatic rings. The molecule has 0 aliphatic heterocycles. The van der Waals surface area contributed by atoms with Gasteiger partial charge < -0.3 is 14.6 Å². The standard InChI is InChI=1S/C22H18N4O8/c1-2-33-21-11-14(13-23-24-22(28)16-5-3-4-6-18(16)27)7-9-20(21)34-19-10-8-15(25(29)30)12-17(19)26(31)32/h3-13,27H,2H2,1H3,(H,24,28)/b23-13-. The number of hydrogen-bond donors (Lipinski definition) is 2. The fraction of sp³-hybridized carbons (Fsp3) is 0.0909. The molecule has 0 aromatic heterocycles. The van der Waals surface area contributed by atoms with Gasteiger partial charge in [0.05, 0.1) is 34.3 Å². The Hall–Kier alpha value is -5.00. The van der Waals surface area contributed by atoms with Crippen molar-refractivity contribution in [2.75, 3.05) is 6.61 Å². The van der Waals surface area contributed by atoms with Gasteiger partial charge in [0.15, 0.2) is 11.5 Å². The molecule has 0 aliphatic rings. The predicted octanol–water partition coefficient (Wildman–Crippen LogP) is 4.16.